The van der Waals surface area contributed by atoms with Gasteiger partial charge in [-0.3, -0.25) is 9.59 Å². The second-order valence-corrected chi connectivity index (χ2v) is 7.50. The molecule has 2 aromatic carbocycles. The van der Waals surface area contributed by atoms with E-state index in [2.05, 4.69) is 5.48 Å². The monoisotopic (exact) mass is 410 g/mol. The number of rotatable bonds is 6. The van der Waals surface area contributed by atoms with E-state index in [1.807, 2.05) is 42.5 Å². The molecule has 30 heavy (non-hydrogen) atoms. The first kappa shape index (κ1) is 20.4. The van der Waals surface area contributed by atoms with Crippen LogP contribution in [0.4, 0.5) is 0 Å². The number of hydrogen-bond donors (Lipinski definition) is 1. The van der Waals surface area contributed by atoms with Crippen LogP contribution in [0.2, 0.25) is 0 Å². The van der Waals surface area contributed by atoms with E-state index in [-0.39, 0.29) is 24.7 Å². The number of amides is 2. The Morgan fingerprint density at radius 2 is 1.97 bits per heavy atom. The van der Waals surface area contributed by atoms with Crippen molar-refractivity contribution < 1.29 is 23.9 Å². The van der Waals surface area contributed by atoms with E-state index in [4.69, 9.17) is 14.3 Å². The Kier molecular flexibility index (Phi) is 6.61. The molecule has 158 valence electrons. The molecule has 0 saturated carbocycles. The highest BCUT2D eigenvalue weighted by Crippen LogP contribution is 2.21. The minimum Gasteiger partial charge on any atom is -0.484 e. The van der Waals surface area contributed by atoms with Crippen LogP contribution in [0, 0.1) is 0 Å². The van der Waals surface area contributed by atoms with Gasteiger partial charge < -0.3 is 14.4 Å². The SMILES string of the molecule is O=C(NOC1CCCCO1)c1ccc2c(c1)CCN(C(=O)COc1ccccc1)C2. The van der Waals surface area contributed by atoms with Crippen LogP contribution in [0.15, 0.2) is 48.5 Å². The van der Waals surface area contributed by atoms with Crippen LogP contribution in [-0.4, -0.2) is 42.8 Å². The van der Waals surface area contributed by atoms with Gasteiger partial charge in [0.1, 0.15) is 5.75 Å². The van der Waals surface area contributed by atoms with E-state index in [0.29, 0.717) is 37.4 Å². The maximum absolute atomic E-state index is 12.5. The quantitative estimate of drug-likeness (QED) is 0.741. The lowest BCUT2D eigenvalue weighted by Crippen LogP contribution is -2.39. The molecular formula is C23H26N2O5. The van der Waals surface area contributed by atoms with Gasteiger partial charge in [-0.15, -0.1) is 0 Å². The molecule has 1 fully saturated rings. The minimum atomic E-state index is -0.377. The largest absolute Gasteiger partial charge is 0.484 e. The van der Waals surface area contributed by atoms with Gasteiger partial charge in [0.15, 0.2) is 12.9 Å². The Bertz CT molecular complexity index is 880. The lowest BCUT2D eigenvalue weighted by atomic mass is 9.97. The number of nitrogens with zero attached hydrogens (tertiary/aromatic N) is 1. The molecule has 7 heteroatoms. The van der Waals surface area contributed by atoms with Gasteiger partial charge in [-0.2, -0.15) is 0 Å². The summed E-state index contributed by atoms with van der Waals surface area (Å²) in [5.74, 6) is 0.341. The van der Waals surface area contributed by atoms with Crippen molar-refractivity contribution >= 4 is 11.8 Å². The Morgan fingerprint density at radius 3 is 2.77 bits per heavy atom. The Morgan fingerprint density at radius 1 is 1.10 bits per heavy atom. The zero-order valence-corrected chi connectivity index (χ0v) is 16.8. The molecule has 2 aliphatic heterocycles. The van der Waals surface area contributed by atoms with Crippen molar-refractivity contribution in [2.24, 2.45) is 0 Å². The van der Waals surface area contributed by atoms with Gasteiger partial charge in [-0.1, -0.05) is 24.3 Å². The molecule has 2 aromatic rings. The molecule has 0 bridgehead atoms. The minimum absolute atomic E-state index is 0.0143. The number of hydroxylamine groups is 1. The molecule has 1 atom stereocenters. The van der Waals surface area contributed by atoms with Crippen molar-refractivity contribution in [3.05, 3.63) is 65.2 Å². The summed E-state index contributed by atoms with van der Waals surface area (Å²) in [5, 5.41) is 0. The van der Waals surface area contributed by atoms with Gasteiger partial charge in [0.05, 0.1) is 0 Å². The van der Waals surface area contributed by atoms with Crippen molar-refractivity contribution in [2.75, 3.05) is 19.8 Å². The fourth-order valence-electron chi connectivity index (χ4n) is 3.64. The number of carbonyl (C=O) groups excluding carboxylic acids is 2. The molecule has 2 heterocycles. The van der Waals surface area contributed by atoms with Crippen molar-refractivity contribution in [2.45, 2.75) is 38.5 Å². The zero-order chi connectivity index (χ0) is 20.8. The van der Waals surface area contributed by atoms with Gasteiger partial charge in [0.25, 0.3) is 11.8 Å². The maximum Gasteiger partial charge on any atom is 0.274 e. The topological polar surface area (TPSA) is 77.1 Å². The average molecular weight is 410 g/mol. The van der Waals surface area contributed by atoms with E-state index in [0.717, 1.165) is 30.4 Å². The highest BCUT2D eigenvalue weighted by atomic mass is 16.8. The average Bonchev–Trinajstić information content (AvgIpc) is 2.81. The van der Waals surface area contributed by atoms with Crippen LogP contribution in [0.25, 0.3) is 0 Å². The van der Waals surface area contributed by atoms with Crippen molar-refractivity contribution in [1.29, 1.82) is 0 Å². The van der Waals surface area contributed by atoms with Crippen LogP contribution >= 0.6 is 0 Å². The molecule has 1 N–H and O–H groups in total. The second kappa shape index (κ2) is 9.73. The summed E-state index contributed by atoms with van der Waals surface area (Å²) < 4.78 is 11.0. The predicted molar refractivity (Wildman–Crippen MR) is 110 cm³/mol. The van der Waals surface area contributed by atoms with Crippen LogP contribution < -0.4 is 10.2 Å². The Labute approximate surface area is 175 Å². The third-order valence-electron chi connectivity index (χ3n) is 5.36. The fourth-order valence-corrected chi connectivity index (χ4v) is 3.64. The number of benzene rings is 2. The molecule has 7 nitrogen and oxygen atoms in total. The molecule has 0 radical (unpaired) electrons. The number of ether oxygens (including phenoxy) is 2. The first-order valence-corrected chi connectivity index (χ1v) is 10.3. The molecule has 2 amide bonds. The van der Waals surface area contributed by atoms with Crippen LogP contribution in [-0.2, 0) is 27.3 Å². The smallest absolute Gasteiger partial charge is 0.274 e. The number of fused-ring (bicyclic) bond motifs is 1. The highest BCUT2D eigenvalue weighted by molar-refractivity contribution is 5.93. The number of para-hydroxylation sites is 1. The van der Waals surface area contributed by atoms with Crippen LogP contribution in [0.3, 0.4) is 0 Å². The molecular weight excluding hydrogens is 384 g/mol. The number of hydrogen-bond acceptors (Lipinski definition) is 5. The molecule has 0 spiro atoms. The Hall–Kier alpha value is -2.90. The normalized spacial score (nSPS) is 18.4. The van der Waals surface area contributed by atoms with Crippen LogP contribution in [0.1, 0.15) is 40.7 Å². The zero-order valence-electron chi connectivity index (χ0n) is 16.8. The van der Waals surface area contributed by atoms with Gasteiger partial charge in [-0.25, -0.2) is 10.3 Å². The molecule has 1 saturated heterocycles. The first-order valence-electron chi connectivity index (χ1n) is 10.3. The summed E-state index contributed by atoms with van der Waals surface area (Å²) in [7, 11) is 0. The molecule has 0 aliphatic carbocycles. The van der Waals surface area contributed by atoms with E-state index in [1.165, 1.54) is 0 Å². The lowest BCUT2D eigenvalue weighted by molar-refractivity contribution is -0.186. The van der Waals surface area contributed by atoms with Crippen molar-refractivity contribution in [3.8, 4) is 5.75 Å². The summed E-state index contributed by atoms with van der Waals surface area (Å²) >= 11 is 0. The summed E-state index contributed by atoms with van der Waals surface area (Å²) in [6, 6.07) is 14.8. The third kappa shape index (κ3) is 5.17. The molecule has 1 unspecified atom stereocenters. The standard InChI is InChI=1S/C23H26N2O5/c26-21(16-29-20-6-2-1-3-7-20)25-12-11-17-14-18(9-10-19(17)15-25)23(27)24-30-22-8-4-5-13-28-22/h1-3,6-7,9-10,14,22H,4-5,8,11-13,15-16H2,(H,24,27). The number of carbonyl (C=O) groups is 2. The lowest BCUT2D eigenvalue weighted by Gasteiger charge is -2.29. The van der Waals surface area contributed by atoms with Gasteiger partial charge >= 0.3 is 0 Å². The first-order chi connectivity index (χ1) is 14.7. The van der Waals surface area contributed by atoms with E-state index in [1.54, 1.807) is 11.0 Å². The van der Waals surface area contributed by atoms with E-state index < -0.39 is 0 Å². The second-order valence-electron chi connectivity index (χ2n) is 7.50. The predicted octanol–water partition coefficient (Wildman–Crippen LogP) is 2.84. The summed E-state index contributed by atoms with van der Waals surface area (Å²) in [5.41, 5.74) is 5.15. The Balaban J connectivity index is 1.30. The van der Waals surface area contributed by atoms with Gasteiger partial charge in [-0.05, 0) is 54.7 Å². The van der Waals surface area contributed by atoms with E-state index in [9.17, 15) is 9.59 Å². The van der Waals surface area contributed by atoms with Crippen LogP contribution in [0.5, 0.6) is 5.75 Å². The maximum atomic E-state index is 12.5. The summed E-state index contributed by atoms with van der Waals surface area (Å²) in [6.07, 6.45) is 3.15. The molecule has 2 aliphatic rings. The summed E-state index contributed by atoms with van der Waals surface area (Å²) in [4.78, 5) is 32.0. The van der Waals surface area contributed by atoms with Gasteiger partial charge in [0, 0.05) is 31.7 Å². The fraction of sp³-hybridized carbons (Fsp3) is 0.391. The van der Waals surface area contributed by atoms with Gasteiger partial charge in [0.2, 0.25) is 0 Å². The third-order valence-corrected chi connectivity index (χ3v) is 5.36. The van der Waals surface area contributed by atoms with Crippen molar-refractivity contribution in [1.82, 2.24) is 10.4 Å². The van der Waals surface area contributed by atoms with E-state index >= 15 is 0 Å². The molecule has 0 aromatic heterocycles. The highest BCUT2D eigenvalue weighted by Gasteiger charge is 2.22. The number of nitrogens with one attached hydrogen (secondary N) is 1. The van der Waals surface area contributed by atoms with Crippen molar-refractivity contribution in [3.63, 3.8) is 0 Å². The molecule has 4 rings (SSSR count). The summed E-state index contributed by atoms with van der Waals surface area (Å²) in [6.45, 7) is 1.79.